The molecule has 1 aliphatic rings. The first-order valence-corrected chi connectivity index (χ1v) is 11.4. The molecule has 2 aromatic carbocycles. The largest absolute Gasteiger partial charge is 0.384 e. The van der Waals surface area contributed by atoms with E-state index in [0.717, 1.165) is 24.8 Å². The molecule has 35 heavy (non-hydrogen) atoms. The standard InChI is InChI=1S/C24H27ClFN7O2/c1-3-4-5-20(33-14-30-22(24(33)35)17-10-11-19(26)18(25)12-17)15-6-8-16(9-7-15)23(34)29-13-21(27)31-32-28-2/h6-12,20,32H,2-5,13-14H2,1H3,(H2,27,31)(H,29,34)/t20-/m1/s1. The van der Waals surface area contributed by atoms with E-state index < -0.39 is 5.82 Å². The average Bonchev–Trinajstić information content (AvgIpc) is 3.24. The van der Waals surface area contributed by atoms with Crippen LogP contribution in [0, 0.1) is 5.82 Å². The van der Waals surface area contributed by atoms with E-state index in [9.17, 15) is 14.0 Å². The zero-order valence-corrected chi connectivity index (χ0v) is 20.1. The summed E-state index contributed by atoms with van der Waals surface area (Å²) >= 11 is 5.89. The predicted octanol–water partition coefficient (Wildman–Crippen LogP) is 3.21. The molecule has 0 bridgehead atoms. The van der Waals surface area contributed by atoms with Gasteiger partial charge in [0, 0.05) is 17.8 Å². The van der Waals surface area contributed by atoms with E-state index in [1.807, 2.05) is 12.1 Å². The minimum atomic E-state index is -0.552. The number of rotatable bonds is 11. The molecule has 184 valence electrons. The van der Waals surface area contributed by atoms with Crippen molar-refractivity contribution in [2.75, 3.05) is 13.2 Å². The first kappa shape index (κ1) is 25.8. The van der Waals surface area contributed by atoms with Crippen molar-refractivity contribution in [3.63, 3.8) is 0 Å². The third kappa shape index (κ3) is 6.42. The Hall–Kier alpha value is -3.79. The van der Waals surface area contributed by atoms with Crippen molar-refractivity contribution >= 4 is 41.7 Å². The number of nitrogens with two attached hydrogens (primary N) is 1. The number of nitrogens with zero attached hydrogens (tertiary/aromatic N) is 4. The molecule has 0 radical (unpaired) electrons. The fourth-order valence-corrected chi connectivity index (χ4v) is 3.86. The molecule has 0 saturated heterocycles. The van der Waals surface area contributed by atoms with Crippen LogP contribution in [0.15, 0.2) is 57.7 Å². The zero-order valence-electron chi connectivity index (χ0n) is 19.3. The molecule has 0 aliphatic carbocycles. The molecule has 1 heterocycles. The van der Waals surface area contributed by atoms with Gasteiger partial charge in [0.05, 0.1) is 17.6 Å². The van der Waals surface area contributed by atoms with E-state index in [1.165, 1.54) is 18.2 Å². The van der Waals surface area contributed by atoms with Crippen LogP contribution in [0.25, 0.3) is 0 Å². The third-order valence-electron chi connectivity index (χ3n) is 5.50. The molecular weight excluding hydrogens is 473 g/mol. The van der Waals surface area contributed by atoms with E-state index in [1.54, 1.807) is 17.0 Å². The number of hydrazone groups is 2. The van der Waals surface area contributed by atoms with Gasteiger partial charge < -0.3 is 16.0 Å². The Labute approximate surface area is 207 Å². The minimum absolute atomic E-state index is 0.0397. The van der Waals surface area contributed by atoms with Crippen molar-refractivity contribution < 1.29 is 14.0 Å². The van der Waals surface area contributed by atoms with Crippen molar-refractivity contribution in [1.29, 1.82) is 0 Å². The lowest BCUT2D eigenvalue weighted by molar-refractivity contribution is -0.125. The molecule has 1 atom stereocenters. The third-order valence-corrected chi connectivity index (χ3v) is 5.79. The van der Waals surface area contributed by atoms with Crippen LogP contribution in [0.3, 0.4) is 0 Å². The van der Waals surface area contributed by atoms with Gasteiger partial charge in [0.25, 0.3) is 11.8 Å². The lowest BCUT2D eigenvalue weighted by Crippen LogP contribution is -2.35. The first-order valence-electron chi connectivity index (χ1n) is 11.1. The highest BCUT2D eigenvalue weighted by molar-refractivity contribution is 6.46. The quantitative estimate of drug-likeness (QED) is 0.249. The molecule has 4 N–H and O–H groups in total. The Kier molecular flexibility index (Phi) is 8.91. The number of amides is 2. The number of carbonyl (C=O) groups is 2. The van der Waals surface area contributed by atoms with E-state index in [2.05, 4.69) is 39.7 Å². The summed E-state index contributed by atoms with van der Waals surface area (Å²) in [4.78, 5) is 31.8. The smallest absolute Gasteiger partial charge is 0.274 e. The molecule has 3 rings (SSSR count). The van der Waals surface area contributed by atoms with Crippen molar-refractivity contribution in [2.45, 2.75) is 32.2 Å². The number of aliphatic imine (C=N–C) groups is 1. The molecule has 0 fully saturated rings. The maximum absolute atomic E-state index is 13.6. The van der Waals surface area contributed by atoms with Gasteiger partial charge in [-0.05, 0) is 42.3 Å². The average molecular weight is 500 g/mol. The zero-order chi connectivity index (χ0) is 25.4. The SMILES string of the molecule is C=NN/N=C(\N)CNC(=O)c1ccc([C@@H](CCCC)N2CN=C(c3ccc(F)c(Cl)c3)C2=O)cc1. The van der Waals surface area contributed by atoms with Gasteiger partial charge in [-0.3, -0.25) is 14.6 Å². The Balaban J connectivity index is 1.74. The first-order chi connectivity index (χ1) is 16.8. The number of unbranched alkanes of at least 4 members (excludes halogenated alkanes) is 1. The number of hydrogen-bond donors (Lipinski definition) is 3. The predicted molar refractivity (Wildman–Crippen MR) is 135 cm³/mol. The second-order valence-electron chi connectivity index (χ2n) is 7.88. The molecule has 11 heteroatoms. The van der Waals surface area contributed by atoms with Crippen LogP contribution in [0.5, 0.6) is 0 Å². The summed E-state index contributed by atoms with van der Waals surface area (Å²) in [5, 5.41) is 9.63. The number of hydrogen-bond acceptors (Lipinski definition) is 6. The number of carbonyl (C=O) groups excluding carboxylic acids is 2. The summed E-state index contributed by atoms with van der Waals surface area (Å²) < 4.78 is 13.6. The Morgan fingerprint density at radius 1 is 1.31 bits per heavy atom. The summed E-state index contributed by atoms with van der Waals surface area (Å²) in [7, 11) is 0. The lowest BCUT2D eigenvalue weighted by atomic mass is 9.97. The molecule has 0 saturated carbocycles. The maximum atomic E-state index is 13.6. The van der Waals surface area contributed by atoms with Crippen molar-refractivity contribution in [1.82, 2.24) is 15.8 Å². The molecule has 0 unspecified atom stereocenters. The molecule has 2 amide bonds. The molecular formula is C24H27ClFN7O2. The van der Waals surface area contributed by atoms with Crippen molar-refractivity contribution in [3.05, 3.63) is 70.0 Å². The van der Waals surface area contributed by atoms with Crippen LogP contribution in [-0.4, -0.2) is 48.2 Å². The van der Waals surface area contributed by atoms with Gasteiger partial charge in [0.1, 0.15) is 24.0 Å². The van der Waals surface area contributed by atoms with E-state index in [-0.39, 0.29) is 47.6 Å². The van der Waals surface area contributed by atoms with Crippen LogP contribution in [0.2, 0.25) is 5.02 Å². The molecule has 1 aliphatic heterocycles. The number of nitrogens with one attached hydrogen (secondary N) is 2. The summed E-state index contributed by atoms with van der Waals surface area (Å²) in [6.07, 6.45) is 2.60. The van der Waals surface area contributed by atoms with Gasteiger partial charge in [0.15, 0.2) is 0 Å². The Bertz CT molecular complexity index is 1150. The summed E-state index contributed by atoms with van der Waals surface area (Å²) in [5.74, 6) is -0.966. The number of halogens is 2. The van der Waals surface area contributed by atoms with Crippen LogP contribution in [0.1, 0.15) is 53.7 Å². The molecule has 9 nitrogen and oxygen atoms in total. The van der Waals surface area contributed by atoms with Crippen LogP contribution < -0.4 is 16.6 Å². The van der Waals surface area contributed by atoms with Crippen LogP contribution in [0.4, 0.5) is 4.39 Å². The fraction of sp³-hybridized carbons (Fsp3) is 0.292. The topological polar surface area (TPSA) is 125 Å². The van der Waals surface area contributed by atoms with E-state index in [0.29, 0.717) is 11.1 Å². The number of benzene rings is 2. The highest BCUT2D eigenvalue weighted by Crippen LogP contribution is 2.30. The van der Waals surface area contributed by atoms with Gasteiger partial charge in [0.2, 0.25) is 0 Å². The van der Waals surface area contributed by atoms with Gasteiger partial charge in [-0.15, -0.1) is 5.10 Å². The summed E-state index contributed by atoms with van der Waals surface area (Å²) in [5.41, 5.74) is 9.98. The lowest BCUT2D eigenvalue weighted by Gasteiger charge is -2.28. The van der Waals surface area contributed by atoms with Crippen molar-refractivity contribution in [3.8, 4) is 0 Å². The Morgan fingerprint density at radius 2 is 2.06 bits per heavy atom. The minimum Gasteiger partial charge on any atom is -0.384 e. The fourth-order valence-electron chi connectivity index (χ4n) is 3.68. The van der Waals surface area contributed by atoms with Gasteiger partial charge in [-0.1, -0.05) is 43.5 Å². The van der Waals surface area contributed by atoms with E-state index >= 15 is 0 Å². The van der Waals surface area contributed by atoms with Gasteiger partial charge in [-0.25, -0.2) is 4.39 Å². The van der Waals surface area contributed by atoms with E-state index in [4.69, 9.17) is 17.3 Å². The van der Waals surface area contributed by atoms with Crippen molar-refractivity contribution in [2.24, 2.45) is 20.9 Å². The molecule has 0 spiro atoms. The normalized spacial score (nSPS) is 14.5. The summed E-state index contributed by atoms with van der Waals surface area (Å²) in [6, 6.07) is 11.0. The van der Waals surface area contributed by atoms with Gasteiger partial charge in [-0.2, -0.15) is 10.6 Å². The molecule has 2 aromatic rings. The van der Waals surface area contributed by atoms with Crippen LogP contribution >= 0.6 is 11.6 Å². The second-order valence-corrected chi connectivity index (χ2v) is 8.28. The monoisotopic (exact) mass is 499 g/mol. The Morgan fingerprint density at radius 3 is 2.71 bits per heavy atom. The number of amidine groups is 1. The van der Waals surface area contributed by atoms with Gasteiger partial charge >= 0.3 is 0 Å². The highest BCUT2D eigenvalue weighted by Gasteiger charge is 2.33. The highest BCUT2D eigenvalue weighted by atomic mass is 35.5. The maximum Gasteiger partial charge on any atom is 0.274 e. The second kappa shape index (κ2) is 12.1. The van der Waals surface area contributed by atoms with Crippen LogP contribution in [-0.2, 0) is 4.79 Å². The molecule has 0 aromatic heterocycles. The summed E-state index contributed by atoms with van der Waals surface area (Å²) in [6.45, 7) is 5.52.